The molecule has 13 heavy (non-hydrogen) atoms. The molecule has 0 aromatic heterocycles. The molecule has 0 aromatic carbocycles. The van der Waals surface area contributed by atoms with Crippen LogP contribution in [0.25, 0.3) is 0 Å². The van der Waals surface area contributed by atoms with E-state index in [1.807, 2.05) is 13.8 Å². The van der Waals surface area contributed by atoms with Crippen LogP contribution < -0.4 is 0 Å². The minimum absolute atomic E-state index is 0.478. The molecule has 3 nitrogen and oxygen atoms in total. The molecule has 0 saturated heterocycles. The van der Waals surface area contributed by atoms with E-state index in [1.54, 1.807) is 0 Å². The Labute approximate surface area is 89.1 Å². The lowest BCUT2D eigenvalue weighted by Crippen LogP contribution is -1.95. The molecule has 0 radical (unpaired) electrons. The van der Waals surface area contributed by atoms with Gasteiger partial charge in [-0.05, 0) is 32.1 Å². The zero-order valence-electron chi connectivity index (χ0n) is 8.06. The zero-order chi connectivity index (χ0) is 10.2. The lowest BCUT2D eigenvalue weighted by Gasteiger charge is -2.12. The zero-order valence-corrected chi connectivity index (χ0v) is 10.6. The van der Waals surface area contributed by atoms with E-state index in [1.165, 1.54) is 11.4 Å². The summed E-state index contributed by atoms with van der Waals surface area (Å²) in [5.41, 5.74) is -2.55. The predicted molar refractivity (Wildman–Crippen MR) is 61.7 cm³/mol. The van der Waals surface area contributed by atoms with Crippen LogP contribution in [0.1, 0.15) is 20.3 Å². The van der Waals surface area contributed by atoms with Gasteiger partial charge in [0.05, 0.1) is 6.61 Å². The van der Waals surface area contributed by atoms with Gasteiger partial charge in [0.1, 0.15) is 0 Å². The van der Waals surface area contributed by atoms with Gasteiger partial charge in [-0.2, -0.15) is 0 Å². The molecule has 0 bridgehead atoms. The van der Waals surface area contributed by atoms with Gasteiger partial charge in [-0.15, -0.1) is 0 Å². The van der Waals surface area contributed by atoms with Gasteiger partial charge in [0, 0.05) is 19.0 Å². The summed E-state index contributed by atoms with van der Waals surface area (Å²) in [7, 11) is 0. The molecule has 0 rings (SSSR count). The second kappa shape index (κ2) is 8.21. The lowest BCUT2D eigenvalue weighted by atomic mass is 10.5. The van der Waals surface area contributed by atoms with Crippen molar-refractivity contribution in [1.29, 1.82) is 0 Å². The van der Waals surface area contributed by atoms with Crippen molar-refractivity contribution in [2.24, 2.45) is 0 Å². The minimum Gasteiger partial charge on any atom is -0.382 e. The monoisotopic (exact) mass is 244 g/mol. The van der Waals surface area contributed by atoms with Crippen LogP contribution in [0.3, 0.4) is 0 Å². The fraction of sp³-hybridized carbons (Fsp3) is 1.00. The van der Waals surface area contributed by atoms with Crippen LogP contribution in [0, 0.1) is 0 Å². The van der Waals surface area contributed by atoms with Crippen molar-refractivity contribution in [2.45, 2.75) is 20.3 Å². The van der Waals surface area contributed by atoms with E-state index >= 15 is 0 Å². The lowest BCUT2D eigenvalue weighted by molar-refractivity contribution is 0.149. The molecule has 0 aromatic rings. The normalized spacial score (nSPS) is 15.6. The topological polar surface area (TPSA) is 38.7 Å². The van der Waals surface area contributed by atoms with Crippen LogP contribution in [0.2, 0.25) is 0 Å². The molecular formula is C7H17O3PS2. The molecule has 0 aliphatic heterocycles. The van der Waals surface area contributed by atoms with Crippen molar-refractivity contribution in [2.75, 3.05) is 25.6 Å². The standard InChI is InChI=1S/C7H17O3PS2/c1-3-9-6-5-7-13-11(8,12)10-4-2/h3-7H2,1-2H3,(H,8,12). The van der Waals surface area contributed by atoms with Gasteiger partial charge >= 0.3 is 0 Å². The summed E-state index contributed by atoms with van der Waals surface area (Å²) in [4.78, 5) is 9.50. The highest BCUT2D eigenvalue weighted by Crippen LogP contribution is 2.55. The minimum atomic E-state index is -2.55. The van der Waals surface area contributed by atoms with Crippen LogP contribution in [0.15, 0.2) is 0 Å². The van der Waals surface area contributed by atoms with E-state index in [4.69, 9.17) is 21.1 Å². The Morgan fingerprint density at radius 1 is 1.38 bits per heavy atom. The van der Waals surface area contributed by atoms with E-state index in [-0.39, 0.29) is 0 Å². The first-order valence-electron chi connectivity index (χ1n) is 4.32. The van der Waals surface area contributed by atoms with Crippen molar-refractivity contribution < 1.29 is 14.2 Å². The predicted octanol–water partition coefficient (Wildman–Crippen LogP) is 2.40. The number of rotatable bonds is 8. The van der Waals surface area contributed by atoms with Crippen LogP contribution in [0.5, 0.6) is 0 Å². The van der Waals surface area contributed by atoms with E-state index < -0.39 is 5.69 Å². The van der Waals surface area contributed by atoms with E-state index in [2.05, 4.69) is 0 Å². The molecule has 1 unspecified atom stereocenters. The Kier molecular flexibility index (Phi) is 8.77. The third-order valence-corrected chi connectivity index (χ3v) is 5.67. The smallest absolute Gasteiger partial charge is 0.244 e. The molecule has 1 atom stereocenters. The fourth-order valence-electron chi connectivity index (χ4n) is 0.686. The molecule has 0 amide bonds. The maximum Gasteiger partial charge on any atom is 0.244 e. The molecule has 0 aliphatic rings. The largest absolute Gasteiger partial charge is 0.382 e. The van der Waals surface area contributed by atoms with Crippen molar-refractivity contribution in [3.63, 3.8) is 0 Å². The van der Waals surface area contributed by atoms with Gasteiger partial charge < -0.3 is 14.2 Å². The Hall–Kier alpha value is 0.880. The van der Waals surface area contributed by atoms with Gasteiger partial charge in [0.25, 0.3) is 0 Å². The van der Waals surface area contributed by atoms with Crippen LogP contribution >= 0.6 is 17.1 Å². The summed E-state index contributed by atoms with van der Waals surface area (Å²) < 4.78 is 10.2. The quantitative estimate of drug-likeness (QED) is 0.524. The molecule has 0 aliphatic carbocycles. The van der Waals surface area contributed by atoms with Crippen LogP contribution in [0.4, 0.5) is 0 Å². The van der Waals surface area contributed by atoms with E-state index in [0.717, 1.165) is 25.4 Å². The summed E-state index contributed by atoms with van der Waals surface area (Å²) in [6.45, 7) is 5.74. The first-order chi connectivity index (χ1) is 6.12. The van der Waals surface area contributed by atoms with Crippen molar-refractivity contribution in [3.05, 3.63) is 0 Å². The molecule has 6 heteroatoms. The van der Waals surface area contributed by atoms with Gasteiger partial charge in [-0.1, -0.05) is 11.4 Å². The highest BCUT2D eigenvalue weighted by Gasteiger charge is 2.12. The van der Waals surface area contributed by atoms with Crippen molar-refractivity contribution in [3.8, 4) is 0 Å². The first kappa shape index (κ1) is 13.9. The summed E-state index contributed by atoms with van der Waals surface area (Å²) >= 11 is 6.22. The fourth-order valence-corrected chi connectivity index (χ4v) is 4.17. The summed E-state index contributed by atoms with van der Waals surface area (Å²) in [6, 6.07) is 0. The SMILES string of the molecule is CCOCCCSP(O)(=S)OCC. The average Bonchev–Trinajstić information content (AvgIpc) is 2.04. The number of hydrogen-bond donors (Lipinski definition) is 1. The maximum absolute atomic E-state index is 9.50. The van der Waals surface area contributed by atoms with Gasteiger partial charge in [0.2, 0.25) is 5.69 Å². The summed E-state index contributed by atoms with van der Waals surface area (Å²) in [5.74, 6) is 0.799. The summed E-state index contributed by atoms with van der Waals surface area (Å²) in [6.07, 6.45) is 0.907. The molecule has 0 saturated carbocycles. The van der Waals surface area contributed by atoms with Crippen LogP contribution in [-0.4, -0.2) is 30.5 Å². The Morgan fingerprint density at radius 2 is 2.08 bits per heavy atom. The second-order valence-electron chi connectivity index (χ2n) is 2.27. The third kappa shape index (κ3) is 9.19. The number of ether oxygens (including phenoxy) is 1. The molecule has 0 heterocycles. The highest BCUT2D eigenvalue weighted by molar-refractivity contribution is 8.67. The van der Waals surface area contributed by atoms with Crippen molar-refractivity contribution >= 4 is 28.9 Å². The number of hydrogen-bond acceptors (Lipinski definition) is 4. The molecule has 80 valence electrons. The van der Waals surface area contributed by atoms with Crippen molar-refractivity contribution in [1.82, 2.24) is 0 Å². The Morgan fingerprint density at radius 3 is 2.62 bits per heavy atom. The molecule has 1 N–H and O–H groups in total. The third-order valence-electron chi connectivity index (χ3n) is 1.18. The van der Waals surface area contributed by atoms with E-state index in [0.29, 0.717) is 6.61 Å². The molecular weight excluding hydrogens is 227 g/mol. The molecule has 0 spiro atoms. The first-order valence-corrected chi connectivity index (χ1v) is 8.58. The molecule has 0 fully saturated rings. The maximum atomic E-state index is 9.50. The second-order valence-corrected chi connectivity index (χ2v) is 8.57. The van der Waals surface area contributed by atoms with Gasteiger partial charge in [-0.25, -0.2) is 0 Å². The highest BCUT2D eigenvalue weighted by atomic mass is 32.9. The Bertz CT molecular complexity index is 166. The average molecular weight is 244 g/mol. The van der Waals surface area contributed by atoms with Crippen LogP contribution in [-0.2, 0) is 21.1 Å². The summed E-state index contributed by atoms with van der Waals surface area (Å²) in [5, 5.41) is 0. The van der Waals surface area contributed by atoms with E-state index in [9.17, 15) is 4.89 Å². The Balaban J connectivity index is 3.35. The van der Waals surface area contributed by atoms with Gasteiger partial charge in [0.15, 0.2) is 0 Å². The van der Waals surface area contributed by atoms with Gasteiger partial charge in [-0.3, -0.25) is 0 Å².